The van der Waals surface area contributed by atoms with E-state index in [1.165, 1.54) is 12.1 Å². The van der Waals surface area contributed by atoms with E-state index < -0.39 is 5.82 Å². The van der Waals surface area contributed by atoms with Gasteiger partial charge in [-0.05, 0) is 70.9 Å². The number of hydrogen-bond donors (Lipinski definition) is 1. The fraction of sp³-hybridized carbons (Fsp3) is 0.182. The molecule has 0 aromatic heterocycles. The molecule has 3 nitrogen and oxygen atoms in total. The Morgan fingerprint density at radius 2 is 1.77 bits per heavy atom. The van der Waals surface area contributed by atoms with Crippen LogP contribution < -0.4 is 14.8 Å². The molecule has 0 radical (unpaired) electrons. The zero-order chi connectivity index (χ0) is 21.7. The number of benzene rings is 3. The lowest BCUT2D eigenvalue weighted by molar-refractivity contribution is 0.267. The minimum Gasteiger partial charge on any atom is -0.490 e. The number of halogens is 5. The van der Waals surface area contributed by atoms with Gasteiger partial charge in [0, 0.05) is 17.1 Å². The van der Waals surface area contributed by atoms with Gasteiger partial charge in [0.25, 0.3) is 0 Å². The standard InChI is InChI=1S/C22H18BrCl3FNO2/c1-2-29-21-8-13(11-28-20-9-15(24)4-6-18(20)25)7-17(23)22(21)30-12-14-3-5-16(27)10-19(14)26/h3-10,28H,2,11-12H2,1H3. The van der Waals surface area contributed by atoms with Crippen molar-refractivity contribution in [2.75, 3.05) is 11.9 Å². The molecule has 0 heterocycles. The maximum absolute atomic E-state index is 13.3. The summed E-state index contributed by atoms with van der Waals surface area (Å²) >= 11 is 21.9. The third kappa shape index (κ3) is 5.94. The highest BCUT2D eigenvalue weighted by molar-refractivity contribution is 9.10. The van der Waals surface area contributed by atoms with Gasteiger partial charge in [0.1, 0.15) is 12.4 Å². The largest absolute Gasteiger partial charge is 0.490 e. The van der Waals surface area contributed by atoms with E-state index in [1.807, 2.05) is 19.1 Å². The number of nitrogens with one attached hydrogen (secondary N) is 1. The molecule has 0 saturated carbocycles. The van der Waals surface area contributed by atoms with Crippen LogP contribution in [0, 0.1) is 5.82 Å². The predicted molar refractivity (Wildman–Crippen MR) is 125 cm³/mol. The van der Waals surface area contributed by atoms with E-state index in [4.69, 9.17) is 44.3 Å². The molecule has 3 rings (SSSR count). The molecule has 0 fully saturated rings. The Kier molecular flexibility index (Phi) is 8.12. The van der Waals surface area contributed by atoms with Crippen molar-refractivity contribution >= 4 is 56.4 Å². The van der Waals surface area contributed by atoms with E-state index in [2.05, 4.69) is 21.2 Å². The molecule has 0 aliphatic heterocycles. The van der Waals surface area contributed by atoms with Crippen molar-refractivity contribution in [1.29, 1.82) is 0 Å². The molecule has 0 saturated heterocycles. The van der Waals surface area contributed by atoms with Gasteiger partial charge < -0.3 is 14.8 Å². The summed E-state index contributed by atoms with van der Waals surface area (Å²) in [6.45, 7) is 3.04. The molecule has 0 aliphatic rings. The molecule has 0 spiro atoms. The third-order valence-electron chi connectivity index (χ3n) is 4.17. The van der Waals surface area contributed by atoms with Crippen molar-refractivity contribution in [2.45, 2.75) is 20.1 Å². The topological polar surface area (TPSA) is 30.5 Å². The second-order valence-corrected chi connectivity index (χ2v) is 8.45. The Morgan fingerprint density at radius 3 is 2.50 bits per heavy atom. The normalized spacial score (nSPS) is 10.7. The first-order chi connectivity index (χ1) is 14.4. The van der Waals surface area contributed by atoms with Crippen molar-refractivity contribution in [3.8, 4) is 11.5 Å². The summed E-state index contributed by atoms with van der Waals surface area (Å²) in [6, 6.07) is 13.3. The highest BCUT2D eigenvalue weighted by atomic mass is 79.9. The summed E-state index contributed by atoms with van der Waals surface area (Å²) in [5, 5.41) is 4.76. The Balaban J connectivity index is 1.78. The van der Waals surface area contributed by atoms with E-state index in [-0.39, 0.29) is 6.61 Å². The van der Waals surface area contributed by atoms with E-state index >= 15 is 0 Å². The van der Waals surface area contributed by atoms with Crippen LogP contribution in [-0.2, 0) is 13.2 Å². The zero-order valence-electron chi connectivity index (χ0n) is 15.9. The fourth-order valence-corrected chi connectivity index (χ4v) is 3.93. The lowest BCUT2D eigenvalue weighted by atomic mass is 10.2. The lowest BCUT2D eigenvalue weighted by Gasteiger charge is -2.17. The van der Waals surface area contributed by atoms with Gasteiger partial charge in [-0.2, -0.15) is 0 Å². The highest BCUT2D eigenvalue weighted by Crippen LogP contribution is 2.38. The van der Waals surface area contributed by atoms with Crippen LogP contribution in [0.25, 0.3) is 0 Å². The maximum atomic E-state index is 13.3. The van der Waals surface area contributed by atoms with Crippen molar-refractivity contribution < 1.29 is 13.9 Å². The van der Waals surface area contributed by atoms with E-state index in [9.17, 15) is 4.39 Å². The second-order valence-electron chi connectivity index (χ2n) is 6.34. The Labute approximate surface area is 198 Å². The number of anilines is 1. The molecule has 0 atom stereocenters. The minimum absolute atomic E-state index is 0.174. The van der Waals surface area contributed by atoms with Crippen molar-refractivity contribution in [3.05, 3.63) is 85.0 Å². The average molecular weight is 534 g/mol. The maximum Gasteiger partial charge on any atom is 0.175 e. The molecule has 8 heteroatoms. The summed E-state index contributed by atoms with van der Waals surface area (Å²) in [4.78, 5) is 0. The van der Waals surface area contributed by atoms with Gasteiger partial charge >= 0.3 is 0 Å². The Morgan fingerprint density at radius 1 is 0.967 bits per heavy atom. The van der Waals surface area contributed by atoms with Gasteiger partial charge in [-0.25, -0.2) is 4.39 Å². The van der Waals surface area contributed by atoms with Crippen LogP contribution in [0.15, 0.2) is 53.0 Å². The third-order valence-corrected chi connectivity index (χ3v) is 5.67. The van der Waals surface area contributed by atoms with Gasteiger partial charge in [-0.15, -0.1) is 0 Å². The van der Waals surface area contributed by atoms with Gasteiger partial charge in [0.2, 0.25) is 0 Å². The van der Waals surface area contributed by atoms with E-state index in [0.29, 0.717) is 45.3 Å². The van der Waals surface area contributed by atoms with Gasteiger partial charge in [0.05, 0.1) is 26.8 Å². The Bertz CT molecular complexity index is 1050. The van der Waals surface area contributed by atoms with Crippen LogP contribution in [0.4, 0.5) is 10.1 Å². The molecule has 0 amide bonds. The Hall–Kier alpha value is -1.66. The molecule has 0 aliphatic carbocycles. The summed E-state index contributed by atoms with van der Waals surface area (Å²) in [5.74, 6) is 0.734. The van der Waals surface area contributed by atoms with E-state index in [0.717, 1.165) is 15.7 Å². The monoisotopic (exact) mass is 531 g/mol. The van der Waals surface area contributed by atoms with Crippen LogP contribution in [0.3, 0.4) is 0 Å². The summed E-state index contributed by atoms with van der Waals surface area (Å²) < 4.78 is 25.7. The first-order valence-electron chi connectivity index (χ1n) is 9.08. The van der Waals surface area contributed by atoms with Crippen molar-refractivity contribution in [1.82, 2.24) is 0 Å². The molecule has 158 valence electrons. The molecular formula is C22H18BrCl3FNO2. The number of hydrogen-bond acceptors (Lipinski definition) is 3. The summed E-state index contributed by atoms with van der Waals surface area (Å²) in [6.07, 6.45) is 0. The lowest BCUT2D eigenvalue weighted by Crippen LogP contribution is -2.04. The second kappa shape index (κ2) is 10.6. The molecular weight excluding hydrogens is 516 g/mol. The molecule has 3 aromatic carbocycles. The van der Waals surface area contributed by atoms with Crippen LogP contribution >= 0.6 is 50.7 Å². The number of rotatable bonds is 8. The quantitative estimate of drug-likeness (QED) is 0.317. The average Bonchev–Trinajstić information content (AvgIpc) is 2.69. The summed E-state index contributed by atoms with van der Waals surface area (Å²) in [7, 11) is 0. The van der Waals surface area contributed by atoms with Crippen LogP contribution in [-0.4, -0.2) is 6.61 Å². The molecule has 0 bridgehead atoms. The SMILES string of the molecule is CCOc1cc(CNc2cc(Cl)ccc2Cl)cc(Br)c1OCc1ccc(F)cc1Cl. The first-order valence-corrected chi connectivity index (χ1v) is 11.0. The molecule has 0 unspecified atom stereocenters. The summed E-state index contributed by atoms with van der Waals surface area (Å²) in [5.41, 5.74) is 2.37. The fourth-order valence-electron chi connectivity index (χ4n) is 2.75. The molecule has 30 heavy (non-hydrogen) atoms. The van der Waals surface area contributed by atoms with Crippen LogP contribution in [0.1, 0.15) is 18.1 Å². The molecule has 3 aromatic rings. The van der Waals surface area contributed by atoms with Crippen LogP contribution in [0.2, 0.25) is 15.1 Å². The minimum atomic E-state index is -0.392. The zero-order valence-corrected chi connectivity index (χ0v) is 19.8. The van der Waals surface area contributed by atoms with Crippen molar-refractivity contribution in [2.24, 2.45) is 0 Å². The van der Waals surface area contributed by atoms with Crippen molar-refractivity contribution in [3.63, 3.8) is 0 Å². The van der Waals surface area contributed by atoms with Gasteiger partial charge in [-0.3, -0.25) is 0 Å². The predicted octanol–water partition coefficient (Wildman–Crippen LogP) is 8.14. The smallest absolute Gasteiger partial charge is 0.175 e. The van der Waals surface area contributed by atoms with Gasteiger partial charge in [-0.1, -0.05) is 40.9 Å². The van der Waals surface area contributed by atoms with E-state index in [1.54, 1.807) is 24.3 Å². The van der Waals surface area contributed by atoms with Crippen LogP contribution in [0.5, 0.6) is 11.5 Å². The number of ether oxygens (including phenoxy) is 2. The highest BCUT2D eigenvalue weighted by Gasteiger charge is 2.14. The van der Waals surface area contributed by atoms with Gasteiger partial charge in [0.15, 0.2) is 11.5 Å². The first kappa shape index (κ1) is 23.0. The molecule has 1 N–H and O–H groups in total.